The Bertz CT molecular complexity index is 1060. The molecule has 10 bridgehead atoms. The van der Waals surface area contributed by atoms with Gasteiger partial charge in [0.05, 0.1) is 11.8 Å². The van der Waals surface area contributed by atoms with Crippen LogP contribution in [0.2, 0.25) is 0 Å². The average molecular weight is 504 g/mol. The first-order chi connectivity index (χ1) is 13.5. The average Bonchev–Trinajstić information content (AvgIpc) is 3.40. The Labute approximate surface area is 177 Å². The summed E-state index contributed by atoms with van der Waals surface area (Å²) in [7, 11) is 0. The van der Waals surface area contributed by atoms with Crippen molar-refractivity contribution in [1.29, 1.82) is 0 Å². The Morgan fingerprint density at radius 1 is 0.571 bits per heavy atom. The van der Waals surface area contributed by atoms with Crippen LogP contribution < -0.4 is 0 Å². The molecule has 4 heterocycles. The SMILES string of the molecule is O=C1OC2C3C4C5C2C2(Br)C6C1C1C7C6C6C8C(=O)OC9C4C(C87)(C31Br)C62C95. The number of halogens is 2. The van der Waals surface area contributed by atoms with Crippen molar-refractivity contribution in [2.45, 2.75) is 20.9 Å². The predicted octanol–water partition coefficient (Wildman–Crippen LogP) is 1.84. The van der Waals surface area contributed by atoms with Crippen LogP contribution in [-0.2, 0) is 19.1 Å². The fourth-order valence-electron chi connectivity index (χ4n) is 16.0. The molecule has 10 aliphatic carbocycles. The van der Waals surface area contributed by atoms with Crippen molar-refractivity contribution in [2.24, 2.45) is 93.7 Å². The molecule has 14 fully saturated rings. The molecular weight excluding hydrogens is 488 g/mol. The molecule has 14 aliphatic rings. The first kappa shape index (κ1) is 13.3. The number of esters is 2. The summed E-state index contributed by atoms with van der Waals surface area (Å²) in [6, 6.07) is 0. The molecule has 14 rings (SSSR count). The third-order valence-corrected chi connectivity index (χ3v) is 17.6. The molecule has 4 saturated heterocycles. The minimum absolute atomic E-state index is 0.0131. The van der Waals surface area contributed by atoms with Crippen LogP contribution in [0.3, 0.4) is 0 Å². The van der Waals surface area contributed by atoms with E-state index in [1.54, 1.807) is 0 Å². The molecule has 0 N–H and O–H groups in total. The van der Waals surface area contributed by atoms with Crippen molar-refractivity contribution in [2.75, 3.05) is 0 Å². The summed E-state index contributed by atoms with van der Waals surface area (Å²) in [5, 5.41) is 0. The van der Waals surface area contributed by atoms with Gasteiger partial charge < -0.3 is 9.47 Å². The largest absolute Gasteiger partial charge is 0.461 e. The standard InChI is InChI=1S/C22H16Br2O4/c23-21-9-1-2-8-5-7(1)19(21)11-3-4-12(15(11)27-17(5)25)20(8,19)22(24)10(2)6(9)18(26)28-16(13(3)21)14(4)22/h1-16H. The van der Waals surface area contributed by atoms with Gasteiger partial charge in [0.2, 0.25) is 0 Å². The van der Waals surface area contributed by atoms with Gasteiger partial charge in [-0.05, 0) is 47.3 Å². The van der Waals surface area contributed by atoms with Crippen molar-refractivity contribution in [1.82, 2.24) is 0 Å². The van der Waals surface area contributed by atoms with E-state index in [4.69, 9.17) is 9.47 Å². The Hall–Kier alpha value is -0.100. The van der Waals surface area contributed by atoms with Crippen LogP contribution in [0.4, 0.5) is 0 Å². The molecule has 0 aromatic heterocycles. The van der Waals surface area contributed by atoms with Gasteiger partial charge in [-0.15, -0.1) is 0 Å². The fraction of sp³-hybridized carbons (Fsp3) is 0.909. The second-order valence-corrected chi connectivity index (χ2v) is 15.3. The maximum Gasteiger partial charge on any atom is 0.309 e. The highest BCUT2D eigenvalue weighted by Gasteiger charge is 3.15. The highest BCUT2D eigenvalue weighted by molar-refractivity contribution is 9.10. The van der Waals surface area contributed by atoms with E-state index in [9.17, 15) is 9.59 Å². The molecule has 0 aromatic carbocycles. The van der Waals surface area contributed by atoms with E-state index in [1.165, 1.54) is 0 Å². The number of fused-ring (bicyclic) bond motifs is 2. The summed E-state index contributed by atoms with van der Waals surface area (Å²) >= 11 is 9.13. The summed E-state index contributed by atoms with van der Waals surface area (Å²) in [4.78, 5) is 27.0. The lowest BCUT2D eigenvalue weighted by Gasteiger charge is -2.54. The van der Waals surface area contributed by atoms with Gasteiger partial charge in [0.15, 0.2) is 0 Å². The minimum Gasteiger partial charge on any atom is -0.461 e. The van der Waals surface area contributed by atoms with E-state index >= 15 is 0 Å². The van der Waals surface area contributed by atoms with E-state index in [-0.39, 0.29) is 55.5 Å². The van der Waals surface area contributed by atoms with Gasteiger partial charge in [-0.1, -0.05) is 31.9 Å². The molecule has 16 unspecified atom stereocenters. The molecule has 2 spiro atoms. The highest BCUT2D eigenvalue weighted by atomic mass is 79.9. The number of hydrogen-bond donors (Lipinski definition) is 0. The van der Waals surface area contributed by atoms with Gasteiger partial charge >= 0.3 is 11.9 Å². The number of carbonyl (C=O) groups excluding carboxylic acids is 2. The number of alkyl halides is 2. The number of carbonyl (C=O) groups is 2. The Morgan fingerprint density at radius 2 is 0.964 bits per heavy atom. The maximum atomic E-state index is 13.5. The van der Waals surface area contributed by atoms with Crippen LogP contribution in [0, 0.1) is 93.7 Å². The second-order valence-electron chi connectivity index (χ2n) is 12.6. The second kappa shape index (κ2) is 2.83. The zero-order chi connectivity index (χ0) is 17.8. The van der Waals surface area contributed by atoms with E-state index in [2.05, 4.69) is 31.9 Å². The van der Waals surface area contributed by atoms with E-state index in [0.717, 1.165) is 0 Å². The molecule has 0 aromatic rings. The normalized spacial score (nSPS) is 93.2. The third kappa shape index (κ3) is 0.605. The van der Waals surface area contributed by atoms with Crippen molar-refractivity contribution in [3.8, 4) is 0 Å². The topological polar surface area (TPSA) is 52.6 Å². The summed E-state index contributed by atoms with van der Waals surface area (Å²) in [6.07, 6.45) is 0.257. The first-order valence-corrected chi connectivity index (χ1v) is 12.9. The van der Waals surface area contributed by atoms with E-state index in [0.29, 0.717) is 71.0 Å². The molecule has 4 nitrogen and oxygen atoms in total. The monoisotopic (exact) mass is 502 g/mol. The fourth-order valence-corrected chi connectivity index (χ4v) is 20.0. The third-order valence-electron chi connectivity index (χ3n) is 14.2. The van der Waals surface area contributed by atoms with Crippen LogP contribution >= 0.6 is 31.9 Å². The first-order valence-electron chi connectivity index (χ1n) is 11.3. The minimum atomic E-state index is 0.0131. The molecule has 16 atom stereocenters. The molecule has 10 saturated carbocycles. The van der Waals surface area contributed by atoms with Crippen LogP contribution in [0.1, 0.15) is 0 Å². The van der Waals surface area contributed by atoms with E-state index < -0.39 is 0 Å². The van der Waals surface area contributed by atoms with E-state index in [1.807, 2.05) is 0 Å². The van der Waals surface area contributed by atoms with Gasteiger partial charge in [-0.25, -0.2) is 0 Å². The summed E-state index contributed by atoms with van der Waals surface area (Å²) in [5.74, 6) is 6.52. The lowest BCUT2D eigenvalue weighted by molar-refractivity contribution is -0.157. The van der Waals surface area contributed by atoms with Crippen LogP contribution in [0.5, 0.6) is 0 Å². The molecule has 6 heteroatoms. The number of hydrogen-bond acceptors (Lipinski definition) is 4. The molecular formula is C22H16Br2O4. The van der Waals surface area contributed by atoms with Gasteiger partial charge in [-0.2, -0.15) is 0 Å². The summed E-state index contributed by atoms with van der Waals surface area (Å²) in [6.45, 7) is 0. The molecule has 28 heavy (non-hydrogen) atoms. The van der Waals surface area contributed by atoms with Gasteiger partial charge in [0.25, 0.3) is 0 Å². The van der Waals surface area contributed by atoms with Crippen molar-refractivity contribution >= 4 is 43.8 Å². The lowest BCUT2D eigenvalue weighted by Crippen LogP contribution is -2.57. The highest BCUT2D eigenvalue weighted by Crippen LogP contribution is 3.11. The number of ether oxygens (including phenoxy) is 2. The molecule has 0 radical (unpaired) electrons. The predicted molar refractivity (Wildman–Crippen MR) is 96.8 cm³/mol. The smallest absolute Gasteiger partial charge is 0.309 e. The maximum absolute atomic E-state index is 13.5. The van der Waals surface area contributed by atoms with Crippen LogP contribution in [0.25, 0.3) is 0 Å². The van der Waals surface area contributed by atoms with Gasteiger partial charge in [0, 0.05) is 43.2 Å². The van der Waals surface area contributed by atoms with Crippen LogP contribution in [0.15, 0.2) is 0 Å². The lowest BCUT2D eigenvalue weighted by atomic mass is 9.51. The summed E-state index contributed by atoms with van der Waals surface area (Å²) in [5.41, 5.74) is 0.359. The Morgan fingerprint density at radius 3 is 1.46 bits per heavy atom. The van der Waals surface area contributed by atoms with Crippen molar-refractivity contribution in [3.05, 3.63) is 0 Å². The van der Waals surface area contributed by atoms with Crippen molar-refractivity contribution < 1.29 is 19.1 Å². The summed E-state index contributed by atoms with van der Waals surface area (Å²) < 4.78 is 12.9. The zero-order valence-corrected chi connectivity index (χ0v) is 17.8. The quantitative estimate of drug-likeness (QED) is 0.374. The number of rotatable bonds is 0. The molecule has 0 amide bonds. The van der Waals surface area contributed by atoms with Crippen molar-refractivity contribution in [3.63, 3.8) is 0 Å². The molecule has 4 aliphatic heterocycles. The van der Waals surface area contributed by atoms with Gasteiger partial charge in [0.1, 0.15) is 12.2 Å². The van der Waals surface area contributed by atoms with Gasteiger partial charge in [-0.3, -0.25) is 9.59 Å². The Balaban J connectivity index is 1.45. The molecule has 142 valence electrons. The van der Waals surface area contributed by atoms with Crippen LogP contribution in [-0.4, -0.2) is 32.8 Å². The zero-order valence-electron chi connectivity index (χ0n) is 14.6. The Kier molecular flexibility index (Phi) is 1.35.